The van der Waals surface area contributed by atoms with E-state index in [-0.39, 0.29) is 5.41 Å². The largest absolute Gasteiger partial charge is 0.329 e. The van der Waals surface area contributed by atoms with Crippen molar-refractivity contribution in [1.29, 1.82) is 0 Å². The summed E-state index contributed by atoms with van der Waals surface area (Å²) in [5, 5.41) is 0.765. The van der Waals surface area contributed by atoms with Crippen molar-refractivity contribution in [3.05, 3.63) is 59.2 Å². The molecule has 1 aromatic rings. The Kier molecular flexibility index (Phi) is 2.94. The first-order valence-corrected chi connectivity index (χ1v) is 5.45. The van der Waals surface area contributed by atoms with E-state index in [1.807, 2.05) is 12.1 Å². The third kappa shape index (κ3) is 1.99. The van der Waals surface area contributed by atoms with Crippen molar-refractivity contribution >= 4 is 11.6 Å². The molecular weight excluding hydrogens is 206 g/mol. The van der Waals surface area contributed by atoms with Crippen LogP contribution in [0.1, 0.15) is 12.0 Å². The van der Waals surface area contributed by atoms with E-state index < -0.39 is 0 Å². The zero-order valence-corrected chi connectivity index (χ0v) is 9.24. The van der Waals surface area contributed by atoms with E-state index in [9.17, 15) is 0 Å². The summed E-state index contributed by atoms with van der Waals surface area (Å²) in [6.07, 6.45) is 9.41. The highest BCUT2D eigenvalue weighted by Crippen LogP contribution is 2.32. The highest BCUT2D eigenvalue weighted by Gasteiger charge is 2.27. The summed E-state index contributed by atoms with van der Waals surface area (Å²) in [5.41, 5.74) is 7.08. The first-order chi connectivity index (χ1) is 7.27. The molecule has 2 heteroatoms. The second-order valence-electron chi connectivity index (χ2n) is 3.86. The van der Waals surface area contributed by atoms with Crippen LogP contribution in [-0.2, 0) is 5.41 Å². The summed E-state index contributed by atoms with van der Waals surface area (Å²) in [6.45, 7) is 0.621. The molecule has 1 aliphatic carbocycles. The quantitative estimate of drug-likeness (QED) is 0.813. The minimum absolute atomic E-state index is 0.0423. The summed E-state index contributed by atoms with van der Waals surface area (Å²) >= 11 is 5.88. The fourth-order valence-electron chi connectivity index (χ4n) is 1.93. The van der Waals surface area contributed by atoms with Gasteiger partial charge in [-0.25, -0.2) is 0 Å². The van der Waals surface area contributed by atoms with Gasteiger partial charge in [-0.05, 0) is 24.1 Å². The Morgan fingerprint density at radius 1 is 1.20 bits per heavy atom. The average Bonchev–Trinajstić information content (AvgIpc) is 2.31. The molecule has 0 aliphatic heterocycles. The smallest absolute Gasteiger partial charge is 0.0406 e. The molecule has 0 saturated carbocycles. The first kappa shape index (κ1) is 10.5. The molecule has 0 saturated heterocycles. The summed E-state index contributed by atoms with van der Waals surface area (Å²) < 4.78 is 0. The molecule has 0 heterocycles. The van der Waals surface area contributed by atoms with Gasteiger partial charge in [0.05, 0.1) is 0 Å². The van der Waals surface area contributed by atoms with Crippen LogP contribution in [0.5, 0.6) is 0 Å². The maximum atomic E-state index is 5.89. The van der Waals surface area contributed by atoms with Crippen molar-refractivity contribution in [3.63, 3.8) is 0 Å². The van der Waals surface area contributed by atoms with Gasteiger partial charge in [0.15, 0.2) is 0 Å². The van der Waals surface area contributed by atoms with E-state index in [2.05, 4.69) is 36.4 Å². The van der Waals surface area contributed by atoms with Crippen LogP contribution in [0.25, 0.3) is 0 Å². The lowest BCUT2D eigenvalue weighted by Gasteiger charge is -2.30. The monoisotopic (exact) mass is 219 g/mol. The van der Waals surface area contributed by atoms with Gasteiger partial charge in [0.1, 0.15) is 0 Å². The van der Waals surface area contributed by atoms with Crippen LogP contribution in [0.3, 0.4) is 0 Å². The molecule has 1 atom stereocenters. The molecule has 0 aromatic heterocycles. The SMILES string of the molecule is NCC1(c2ccc(Cl)cc2)C=CC=CC1. The van der Waals surface area contributed by atoms with Crippen LogP contribution in [0, 0.1) is 0 Å². The molecule has 15 heavy (non-hydrogen) atoms. The topological polar surface area (TPSA) is 26.0 Å². The molecule has 2 N–H and O–H groups in total. The minimum atomic E-state index is -0.0423. The van der Waals surface area contributed by atoms with E-state index in [4.69, 9.17) is 17.3 Å². The number of hydrogen-bond donors (Lipinski definition) is 1. The molecule has 0 bridgehead atoms. The van der Waals surface area contributed by atoms with Crippen molar-refractivity contribution in [1.82, 2.24) is 0 Å². The Labute approximate surface area is 95.2 Å². The maximum Gasteiger partial charge on any atom is 0.0406 e. The molecular formula is C13H14ClN. The normalized spacial score (nSPS) is 24.4. The van der Waals surface area contributed by atoms with Crippen LogP contribution in [0.15, 0.2) is 48.6 Å². The maximum absolute atomic E-state index is 5.89. The van der Waals surface area contributed by atoms with Crippen LogP contribution >= 0.6 is 11.6 Å². The van der Waals surface area contributed by atoms with Gasteiger partial charge in [0, 0.05) is 17.0 Å². The second kappa shape index (κ2) is 4.21. The lowest BCUT2D eigenvalue weighted by molar-refractivity contribution is 0.550. The van der Waals surface area contributed by atoms with E-state index in [0.29, 0.717) is 6.54 Å². The van der Waals surface area contributed by atoms with Crippen molar-refractivity contribution in [2.45, 2.75) is 11.8 Å². The van der Waals surface area contributed by atoms with E-state index in [0.717, 1.165) is 11.4 Å². The van der Waals surface area contributed by atoms with E-state index in [1.165, 1.54) is 5.56 Å². The Morgan fingerprint density at radius 2 is 1.93 bits per heavy atom. The van der Waals surface area contributed by atoms with Crippen molar-refractivity contribution < 1.29 is 0 Å². The summed E-state index contributed by atoms with van der Waals surface area (Å²) in [7, 11) is 0. The Hall–Kier alpha value is -1.05. The second-order valence-corrected chi connectivity index (χ2v) is 4.29. The number of allylic oxidation sites excluding steroid dienone is 3. The third-order valence-electron chi connectivity index (χ3n) is 2.93. The van der Waals surface area contributed by atoms with Crippen LogP contribution in [0.2, 0.25) is 5.02 Å². The molecule has 1 nitrogen and oxygen atoms in total. The van der Waals surface area contributed by atoms with Crippen molar-refractivity contribution in [3.8, 4) is 0 Å². The Bertz CT molecular complexity index is 392. The molecule has 0 fully saturated rings. The molecule has 78 valence electrons. The van der Waals surface area contributed by atoms with E-state index in [1.54, 1.807) is 0 Å². The summed E-state index contributed by atoms with van der Waals surface area (Å²) in [6, 6.07) is 7.94. The zero-order chi connectivity index (χ0) is 10.7. The molecule has 0 spiro atoms. The van der Waals surface area contributed by atoms with Crippen LogP contribution in [-0.4, -0.2) is 6.54 Å². The molecule has 1 unspecified atom stereocenters. The van der Waals surface area contributed by atoms with Crippen LogP contribution < -0.4 is 5.73 Å². The Balaban J connectivity index is 2.38. The van der Waals surface area contributed by atoms with Gasteiger partial charge < -0.3 is 5.73 Å². The van der Waals surface area contributed by atoms with Crippen molar-refractivity contribution in [2.75, 3.05) is 6.54 Å². The van der Waals surface area contributed by atoms with Gasteiger partial charge >= 0.3 is 0 Å². The highest BCUT2D eigenvalue weighted by molar-refractivity contribution is 6.30. The number of hydrogen-bond acceptors (Lipinski definition) is 1. The number of benzene rings is 1. The summed E-state index contributed by atoms with van der Waals surface area (Å²) in [5.74, 6) is 0. The fraction of sp³-hybridized carbons (Fsp3) is 0.231. The number of nitrogens with two attached hydrogens (primary N) is 1. The highest BCUT2D eigenvalue weighted by atomic mass is 35.5. The first-order valence-electron chi connectivity index (χ1n) is 5.07. The fourth-order valence-corrected chi connectivity index (χ4v) is 2.06. The molecule has 2 rings (SSSR count). The summed E-state index contributed by atoms with van der Waals surface area (Å²) in [4.78, 5) is 0. The third-order valence-corrected chi connectivity index (χ3v) is 3.18. The number of halogens is 1. The Morgan fingerprint density at radius 3 is 2.47 bits per heavy atom. The average molecular weight is 220 g/mol. The lowest BCUT2D eigenvalue weighted by Crippen LogP contribution is -2.33. The van der Waals surface area contributed by atoms with Gasteiger partial charge in [-0.15, -0.1) is 0 Å². The standard InChI is InChI=1S/C13H14ClN/c14-12-6-4-11(5-7-12)13(10-15)8-2-1-3-9-13/h1-8H,9-10,15H2. The molecule has 0 amide bonds. The van der Waals surface area contributed by atoms with Gasteiger partial charge in [-0.1, -0.05) is 48.0 Å². The minimum Gasteiger partial charge on any atom is -0.329 e. The lowest BCUT2D eigenvalue weighted by atomic mass is 9.75. The molecule has 1 aromatic carbocycles. The van der Waals surface area contributed by atoms with Gasteiger partial charge in [-0.2, -0.15) is 0 Å². The van der Waals surface area contributed by atoms with Crippen molar-refractivity contribution in [2.24, 2.45) is 5.73 Å². The number of rotatable bonds is 2. The van der Waals surface area contributed by atoms with Crippen LogP contribution in [0.4, 0.5) is 0 Å². The molecule has 0 radical (unpaired) electrons. The predicted molar refractivity (Wildman–Crippen MR) is 65.1 cm³/mol. The molecule has 1 aliphatic rings. The predicted octanol–water partition coefficient (Wildman–Crippen LogP) is 3.05. The van der Waals surface area contributed by atoms with E-state index >= 15 is 0 Å². The van der Waals surface area contributed by atoms with Gasteiger partial charge in [-0.3, -0.25) is 0 Å². The van der Waals surface area contributed by atoms with Gasteiger partial charge in [0.25, 0.3) is 0 Å². The zero-order valence-electron chi connectivity index (χ0n) is 8.49. The van der Waals surface area contributed by atoms with Gasteiger partial charge in [0.2, 0.25) is 0 Å².